The molecule has 1 unspecified atom stereocenters. The molecule has 20 heavy (non-hydrogen) atoms. The van der Waals surface area contributed by atoms with E-state index in [9.17, 15) is 17.6 Å². The predicted molar refractivity (Wildman–Crippen MR) is 75.3 cm³/mol. The number of nitrogens with one attached hydrogen (secondary N) is 1. The Morgan fingerprint density at radius 1 is 1.40 bits per heavy atom. The van der Waals surface area contributed by atoms with Crippen molar-refractivity contribution in [3.8, 4) is 0 Å². The summed E-state index contributed by atoms with van der Waals surface area (Å²) in [4.78, 5) is 10.6. The summed E-state index contributed by atoms with van der Waals surface area (Å²) in [5.74, 6) is -2.27. The number of rotatable bonds is 4. The van der Waals surface area contributed by atoms with Gasteiger partial charge in [0, 0.05) is 4.47 Å². The van der Waals surface area contributed by atoms with Crippen molar-refractivity contribution in [1.82, 2.24) is 4.72 Å². The van der Waals surface area contributed by atoms with Crippen LogP contribution in [0.3, 0.4) is 0 Å². The van der Waals surface area contributed by atoms with Gasteiger partial charge in [-0.3, -0.25) is 4.79 Å². The van der Waals surface area contributed by atoms with Crippen molar-refractivity contribution in [2.24, 2.45) is 5.41 Å². The summed E-state index contributed by atoms with van der Waals surface area (Å²) < 4.78 is 40.3. The van der Waals surface area contributed by atoms with Crippen LogP contribution in [0.1, 0.15) is 20.8 Å². The van der Waals surface area contributed by atoms with Crippen LogP contribution in [0.4, 0.5) is 4.39 Å². The minimum absolute atomic E-state index is 0.388. The summed E-state index contributed by atoms with van der Waals surface area (Å²) in [6, 6.07) is 2.07. The molecule has 1 atom stereocenters. The summed E-state index contributed by atoms with van der Waals surface area (Å²) in [5.41, 5.74) is -0.856. The minimum Gasteiger partial charge on any atom is -0.480 e. The van der Waals surface area contributed by atoms with Gasteiger partial charge in [0.25, 0.3) is 0 Å². The number of benzene rings is 1. The highest BCUT2D eigenvalue weighted by atomic mass is 79.9. The second-order valence-electron chi connectivity index (χ2n) is 5.33. The van der Waals surface area contributed by atoms with Crippen molar-refractivity contribution in [3.05, 3.63) is 28.5 Å². The lowest BCUT2D eigenvalue weighted by molar-refractivity contribution is -0.141. The zero-order valence-electron chi connectivity index (χ0n) is 11.1. The van der Waals surface area contributed by atoms with E-state index in [1.54, 1.807) is 20.8 Å². The van der Waals surface area contributed by atoms with Gasteiger partial charge in [0.1, 0.15) is 16.8 Å². The van der Waals surface area contributed by atoms with Gasteiger partial charge in [0.15, 0.2) is 0 Å². The van der Waals surface area contributed by atoms with Crippen LogP contribution < -0.4 is 4.72 Å². The number of hydrogen-bond donors (Lipinski definition) is 2. The molecular formula is C12H15BrFNO4S. The molecule has 0 radical (unpaired) electrons. The highest BCUT2D eigenvalue weighted by Crippen LogP contribution is 2.24. The van der Waals surface area contributed by atoms with Crippen molar-refractivity contribution in [2.45, 2.75) is 31.7 Å². The SMILES string of the molecule is CC(C)(C)C(NS(=O)(=O)c1ccc(Br)cc1F)C(=O)O. The number of aliphatic carboxylic acids is 1. The number of halogens is 2. The van der Waals surface area contributed by atoms with Gasteiger partial charge < -0.3 is 5.11 Å². The maximum absolute atomic E-state index is 13.7. The van der Waals surface area contributed by atoms with Crippen molar-refractivity contribution in [3.63, 3.8) is 0 Å². The molecular weight excluding hydrogens is 353 g/mol. The topological polar surface area (TPSA) is 83.5 Å². The fourth-order valence-corrected chi connectivity index (χ4v) is 3.30. The van der Waals surface area contributed by atoms with Crippen molar-refractivity contribution in [1.29, 1.82) is 0 Å². The molecule has 0 heterocycles. The van der Waals surface area contributed by atoms with Gasteiger partial charge in [-0.25, -0.2) is 12.8 Å². The number of carbonyl (C=O) groups is 1. The highest BCUT2D eigenvalue weighted by Gasteiger charge is 2.36. The monoisotopic (exact) mass is 367 g/mol. The third-order valence-corrected chi connectivity index (χ3v) is 4.52. The van der Waals surface area contributed by atoms with E-state index in [1.807, 2.05) is 4.72 Å². The lowest BCUT2D eigenvalue weighted by atomic mass is 9.88. The molecule has 0 spiro atoms. The molecule has 1 aromatic rings. The Balaban J connectivity index is 3.20. The molecule has 5 nitrogen and oxygen atoms in total. The molecule has 0 amide bonds. The predicted octanol–water partition coefficient (Wildman–Crippen LogP) is 2.37. The maximum atomic E-state index is 13.7. The number of carboxylic acid groups (broad SMARTS) is 1. The molecule has 112 valence electrons. The van der Waals surface area contributed by atoms with Gasteiger partial charge in [-0.05, 0) is 23.6 Å². The maximum Gasteiger partial charge on any atom is 0.322 e. The zero-order valence-corrected chi connectivity index (χ0v) is 13.5. The average Bonchev–Trinajstić information content (AvgIpc) is 2.23. The van der Waals surface area contributed by atoms with Crippen molar-refractivity contribution < 1.29 is 22.7 Å². The molecule has 2 N–H and O–H groups in total. The highest BCUT2D eigenvalue weighted by molar-refractivity contribution is 9.10. The minimum atomic E-state index is -4.26. The summed E-state index contributed by atoms with van der Waals surface area (Å²) in [5, 5.41) is 9.10. The Labute approximate surface area is 125 Å². The lowest BCUT2D eigenvalue weighted by Crippen LogP contribution is -2.49. The van der Waals surface area contributed by atoms with Gasteiger partial charge in [0.05, 0.1) is 0 Å². The van der Waals surface area contributed by atoms with Gasteiger partial charge in [-0.1, -0.05) is 36.7 Å². The lowest BCUT2D eigenvalue weighted by Gasteiger charge is -2.27. The molecule has 0 fully saturated rings. The first-order valence-corrected chi connectivity index (χ1v) is 7.93. The Morgan fingerprint density at radius 3 is 2.35 bits per heavy atom. The molecule has 0 aromatic heterocycles. The summed E-state index contributed by atoms with van der Waals surface area (Å²) >= 11 is 3.02. The smallest absolute Gasteiger partial charge is 0.322 e. The Hall–Kier alpha value is -0.990. The van der Waals surface area contributed by atoms with Crippen molar-refractivity contribution >= 4 is 31.9 Å². The fraction of sp³-hybridized carbons (Fsp3) is 0.417. The molecule has 0 saturated heterocycles. The molecule has 0 bridgehead atoms. The quantitative estimate of drug-likeness (QED) is 0.855. The van der Waals surface area contributed by atoms with E-state index in [0.717, 1.165) is 12.1 Å². The molecule has 0 aliphatic rings. The van der Waals surface area contributed by atoms with Gasteiger partial charge in [-0.15, -0.1) is 0 Å². The summed E-state index contributed by atoms with van der Waals surface area (Å²) in [6.07, 6.45) is 0. The van der Waals surface area contributed by atoms with Gasteiger partial charge >= 0.3 is 5.97 Å². The van der Waals surface area contributed by atoms with Gasteiger partial charge in [0.2, 0.25) is 10.0 Å². The fourth-order valence-electron chi connectivity index (χ4n) is 1.51. The van der Waals surface area contributed by atoms with Crippen LogP contribution in [0.15, 0.2) is 27.6 Å². The third-order valence-electron chi connectivity index (χ3n) is 2.57. The molecule has 0 aliphatic heterocycles. The van der Waals surface area contributed by atoms with E-state index in [0.29, 0.717) is 4.47 Å². The Morgan fingerprint density at radius 2 is 1.95 bits per heavy atom. The first kappa shape index (κ1) is 17.1. The molecule has 1 aromatic carbocycles. The van der Waals surface area contributed by atoms with Crippen LogP contribution >= 0.6 is 15.9 Å². The first-order chi connectivity index (χ1) is 8.95. The van der Waals surface area contributed by atoms with E-state index in [1.165, 1.54) is 6.07 Å². The number of sulfonamides is 1. The van der Waals surface area contributed by atoms with E-state index < -0.39 is 38.2 Å². The van der Waals surface area contributed by atoms with Crippen LogP contribution in [0.2, 0.25) is 0 Å². The zero-order chi connectivity index (χ0) is 15.7. The molecule has 1 rings (SSSR count). The molecule has 0 saturated carbocycles. The van der Waals surface area contributed by atoms with Crippen LogP contribution in [0, 0.1) is 11.2 Å². The second kappa shape index (κ2) is 5.79. The Bertz CT molecular complexity index is 625. The normalized spacial score (nSPS) is 14.1. The summed E-state index contributed by atoms with van der Waals surface area (Å²) in [7, 11) is -4.26. The van der Waals surface area contributed by atoms with Gasteiger partial charge in [-0.2, -0.15) is 4.72 Å². The molecule has 8 heteroatoms. The van der Waals surface area contributed by atoms with Crippen LogP contribution in [0.25, 0.3) is 0 Å². The van der Waals surface area contributed by atoms with Crippen LogP contribution in [-0.2, 0) is 14.8 Å². The van der Waals surface area contributed by atoms with E-state index in [4.69, 9.17) is 5.11 Å². The molecule has 0 aliphatic carbocycles. The number of carboxylic acids is 1. The first-order valence-electron chi connectivity index (χ1n) is 5.65. The van der Waals surface area contributed by atoms with E-state index in [-0.39, 0.29) is 0 Å². The van der Waals surface area contributed by atoms with Crippen LogP contribution in [0.5, 0.6) is 0 Å². The van der Waals surface area contributed by atoms with Crippen LogP contribution in [-0.4, -0.2) is 25.5 Å². The van der Waals surface area contributed by atoms with E-state index in [2.05, 4.69) is 15.9 Å². The van der Waals surface area contributed by atoms with Crippen molar-refractivity contribution in [2.75, 3.05) is 0 Å². The number of hydrogen-bond acceptors (Lipinski definition) is 3. The summed E-state index contributed by atoms with van der Waals surface area (Å²) in [6.45, 7) is 4.73. The second-order valence-corrected chi connectivity index (χ2v) is 7.93. The largest absolute Gasteiger partial charge is 0.480 e. The average molecular weight is 368 g/mol. The Kier molecular flexibility index (Phi) is 4.94. The third kappa shape index (κ3) is 4.00. The standard InChI is InChI=1S/C12H15BrFNO4S/c1-12(2,3)10(11(16)17)15-20(18,19)9-5-4-7(13)6-8(9)14/h4-6,10,15H,1-3H3,(H,16,17). The van der Waals surface area contributed by atoms with E-state index >= 15 is 0 Å².